The summed E-state index contributed by atoms with van der Waals surface area (Å²) >= 11 is 0. The molecule has 0 heterocycles. The smallest absolute Gasteiger partial charge is 0.310 e. The standard InChI is InChI=1S/C29H38O5/c1-8-29(6,34-26-12-11-24(30)17-23(26)18-27(31)33-7)13-9-10-20(4)15-22-16-21(5)28(32)25(22)14-19(2)3/h8,10-12,14,16-17,22,25,30H,1,9,13,15,18H2,2-7H3/b20-10+/t22-,25+,29?/m1/s1. The average molecular weight is 467 g/mol. The van der Waals surface area contributed by atoms with Gasteiger partial charge in [-0.05, 0) is 89.6 Å². The average Bonchev–Trinajstić information content (AvgIpc) is 3.02. The molecule has 0 amide bonds. The first-order valence-corrected chi connectivity index (χ1v) is 11.7. The minimum absolute atomic E-state index is 0.00631. The zero-order valence-electron chi connectivity index (χ0n) is 21.3. The first kappa shape index (κ1) is 27.2. The van der Waals surface area contributed by atoms with Crippen molar-refractivity contribution in [2.75, 3.05) is 7.11 Å². The van der Waals surface area contributed by atoms with Crippen molar-refractivity contribution in [2.45, 2.75) is 65.9 Å². The highest BCUT2D eigenvalue weighted by Gasteiger charge is 2.32. The van der Waals surface area contributed by atoms with E-state index in [1.165, 1.54) is 24.8 Å². The van der Waals surface area contributed by atoms with Crippen molar-refractivity contribution in [1.82, 2.24) is 0 Å². The number of aromatic hydroxyl groups is 1. The third-order valence-corrected chi connectivity index (χ3v) is 6.20. The van der Waals surface area contributed by atoms with Crippen LogP contribution in [0.15, 0.2) is 65.8 Å². The Labute approximate surface area is 203 Å². The number of ketones is 1. The Morgan fingerprint density at radius 2 is 1.97 bits per heavy atom. The van der Waals surface area contributed by atoms with E-state index in [1.54, 1.807) is 12.1 Å². The van der Waals surface area contributed by atoms with E-state index in [0.29, 0.717) is 17.7 Å². The van der Waals surface area contributed by atoms with Crippen molar-refractivity contribution in [3.05, 3.63) is 71.4 Å². The summed E-state index contributed by atoms with van der Waals surface area (Å²) in [5.41, 5.74) is 3.14. The number of allylic oxidation sites excluding steroid dienone is 6. The monoisotopic (exact) mass is 466 g/mol. The molecule has 1 aliphatic carbocycles. The Hall–Kier alpha value is -3.08. The molecule has 34 heavy (non-hydrogen) atoms. The van der Waals surface area contributed by atoms with Gasteiger partial charge in [0.25, 0.3) is 0 Å². The van der Waals surface area contributed by atoms with Crippen LogP contribution in [0, 0.1) is 11.8 Å². The molecule has 1 aliphatic rings. The lowest BCUT2D eigenvalue weighted by molar-refractivity contribution is -0.139. The number of rotatable bonds is 11. The molecule has 1 aromatic carbocycles. The quantitative estimate of drug-likeness (QED) is 0.307. The van der Waals surface area contributed by atoms with E-state index >= 15 is 0 Å². The van der Waals surface area contributed by atoms with Crippen molar-refractivity contribution in [2.24, 2.45) is 11.8 Å². The van der Waals surface area contributed by atoms with Crippen LogP contribution >= 0.6 is 0 Å². The van der Waals surface area contributed by atoms with E-state index in [-0.39, 0.29) is 29.8 Å². The second kappa shape index (κ2) is 11.9. The van der Waals surface area contributed by atoms with Gasteiger partial charge in [-0.2, -0.15) is 0 Å². The molecule has 2 rings (SSSR count). The predicted molar refractivity (Wildman–Crippen MR) is 136 cm³/mol. The number of hydrogen-bond donors (Lipinski definition) is 1. The van der Waals surface area contributed by atoms with Crippen LogP contribution in [0.1, 0.15) is 59.4 Å². The number of phenols is 1. The van der Waals surface area contributed by atoms with E-state index in [0.717, 1.165) is 24.0 Å². The van der Waals surface area contributed by atoms with Crippen LogP contribution < -0.4 is 4.74 Å². The third kappa shape index (κ3) is 7.47. The van der Waals surface area contributed by atoms with Crippen LogP contribution in [-0.4, -0.2) is 29.6 Å². The molecular weight excluding hydrogens is 428 g/mol. The van der Waals surface area contributed by atoms with Crippen LogP contribution in [0.5, 0.6) is 11.5 Å². The van der Waals surface area contributed by atoms with Crippen LogP contribution in [0.4, 0.5) is 0 Å². The molecule has 0 fully saturated rings. The number of phenolic OH excluding ortho intramolecular Hbond substituents is 1. The van der Waals surface area contributed by atoms with Gasteiger partial charge in [-0.3, -0.25) is 9.59 Å². The number of Topliss-reactive ketones (excluding diaryl/α,β-unsaturated/α-hetero) is 1. The molecule has 0 radical (unpaired) electrons. The second-order valence-corrected chi connectivity index (χ2v) is 9.60. The maximum Gasteiger partial charge on any atom is 0.310 e. The minimum Gasteiger partial charge on any atom is -0.508 e. The van der Waals surface area contributed by atoms with Crippen LogP contribution in [0.25, 0.3) is 0 Å². The Morgan fingerprint density at radius 1 is 1.26 bits per heavy atom. The third-order valence-electron chi connectivity index (χ3n) is 6.20. The maximum atomic E-state index is 12.5. The maximum absolute atomic E-state index is 12.5. The van der Waals surface area contributed by atoms with Crippen LogP contribution in [0.2, 0.25) is 0 Å². The molecule has 1 N–H and O–H groups in total. The van der Waals surface area contributed by atoms with Gasteiger partial charge in [0.2, 0.25) is 0 Å². The fourth-order valence-corrected chi connectivity index (χ4v) is 4.25. The molecule has 184 valence electrons. The van der Waals surface area contributed by atoms with Gasteiger partial charge in [0.05, 0.1) is 13.5 Å². The molecule has 3 atom stereocenters. The highest BCUT2D eigenvalue weighted by atomic mass is 16.5. The van der Waals surface area contributed by atoms with Gasteiger partial charge in [-0.15, -0.1) is 0 Å². The van der Waals surface area contributed by atoms with Crippen molar-refractivity contribution < 1.29 is 24.2 Å². The second-order valence-electron chi connectivity index (χ2n) is 9.60. The molecule has 0 aromatic heterocycles. The number of methoxy groups -OCH3 is 1. The Kier molecular flexibility index (Phi) is 9.48. The van der Waals surface area contributed by atoms with E-state index in [4.69, 9.17) is 9.47 Å². The van der Waals surface area contributed by atoms with Gasteiger partial charge >= 0.3 is 5.97 Å². The Bertz CT molecular complexity index is 1010. The fourth-order valence-electron chi connectivity index (χ4n) is 4.25. The first-order chi connectivity index (χ1) is 16.0. The SMILES string of the molecule is C=CC(C)(CC/C=C(\C)C[C@@H]1C=C(C)C(=O)[C@H]1C=C(C)C)Oc1ccc(O)cc1CC(=O)OC. The van der Waals surface area contributed by atoms with Gasteiger partial charge in [-0.25, -0.2) is 0 Å². The fraction of sp³-hybridized carbons (Fsp3) is 0.448. The number of ether oxygens (including phenoxy) is 2. The first-order valence-electron chi connectivity index (χ1n) is 11.7. The molecular formula is C29H38O5. The van der Waals surface area contributed by atoms with Crippen molar-refractivity contribution in [3.8, 4) is 11.5 Å². The Balaban J connectivity index is 2.07. The zero-order chi connectivity index (χ0) is 25.5. The van der Waals surface area contributed by atoms with Crippen LogP contribution in [-0.2, 0) is 20.7 Å². The van der Waals surface area contributed by atoms with Gasteiger partial charge in [-0.1, -0.05) is 36.0 Å². The lowest BCUT2D eigenvalue weighted by atomic mass is 9.87. The summed E-state index contributed by atoms with van der Waals surface area (Å²) in [5.74, 6) is 0.516. The molecule has 0 bridgehead atoms. The molecule has 0 aliphatic heterocycles. The minimum atomic E-state index is -0.664. The summed E-state index contributed by atoms with van der Waals surface area (Å²) in [4.78, 5) is 24.3. The Morgan fingerprint density at radius 3 is 2.59 bits per heavy atom. The largest absolute Gasteiger partial charge is 0.508 e. The summed E-state index contributed by atoms with van der Waals surface area (Å²) in [6.07, 6.45) is 10.4. The molecule has 1 unspecified atom stereocenters. The number of carbonyl (C=O) groups excluding carboxylic acids is 2. The molecule has 0 saturated heterocycles. The number of hydrogen-bond acceptors (Lipinski definition) is 5. The summed E-state index contributed by atoms with van der Waals surface area (Å²) in [6.45, 7) is 14.0. The van der Waals surface area contributed by atoms with Crippen LogP contribution in [0.3, 0.4) is 0 Å². The number of esters is 1. The van der Waals surface area contributed by atoms with E-state index in [2.05, 4.69) is 31.7 Å². The summed E-state index contributed by atoms with van der Waals surface area (Å²) < 4.78 is 11.0. The van der Waals surface area contributed by atoms with E-state index in [9.17, 15) is 14.7 Å². The zero-order valence-corrected chi connectivity index (χ0v) is 21.3. The predicted octanol–water partition coefficient (Wildman–Crippen LogP) is 6.28. The topological polar surface area (TPSA) is 72.8 Å². The van der Waals surface area contributed by atoms with E-state index in [1.807, 2.05) is 27.7 Å². The summed E-state index contributed by atoms with van der Waals surface area (Å²) in [6, 6.07) is 4.71. The molecule has 0 saturated carbocycles. The van der Waals surface area contributed by atoms with Crippen molar-refractivity contribution in [1.29, 1.82) is 0 Å². The van der Waals surface area contributed by atoms with Gasteiger partial charge in [0, 0.05) is 11.5 Å². The summed E-state index contributed by atoms with van der Waals surface area (Å²) in [7, 11) is 1.33. The van der Waals surface area contributed by atoms with Gasteiger partial charge in [0.1, 0.15) is 17.1 Å². The highest BCUT2D eigenvalue weighted by molar-refractivity contribution is 6.00. The van der Waals surface area contributed by atoms with E-state index < -0.39 is 11.6 Å². The molecule has 5 heteroatoms. The molecule has 5 nitrogen and oxygen atoms in total. The number of carbonyl (C=O) groups is 2. The van der Waals surface area contributed by atoms with Gasteiger partial charge < -0.3 is 14.6 Å². The van der Waals surface area contributed by atoms with Gasteiger partial charge in [0.15, 0.2) is 5.78 Å². The number of benzene rings is 1. The highest BCUT2D eigenvalue weighted by Crippen LogP contribution is 2.34. The lowest BCUT2D eigenvalue weighted by Crippen LogP contribution is -2.30. The molecule has 1 aromatic rings. The van der Waals surface area contributed by atoms with Crippen molar-refractivity contribution >= 4 is 11.8 Å². The summed E-state index contributed by atoms with van der Waals surface area (Å²) in [5, 5.41) is 9.83. The lowest BCUT2D eigenvalue weighted by Gasteiger charge is -2.28. The molecule has 0 spiro atoms. The normalized spacial score (nSPS) is 19.8. The van der Waals surface area contributed by atoms with Crippen molar-refractivity contribution in [3.63, 3.8) is 0 Å².